The van der Waals surface area contributed by atoms with E-state index in [0.29, 0.717) is 16.3 Å². The summed E-state index contributed by atoms with van der Waals surface area (Å²) in [5.41, 5.74) is 5.68. The number of non-ortho nitro benzene ring substituents is 1. The average Bonchev–Trinajstić information content (AvgIpc) is 2.61. The second-order valence-electron chi connectivity index (χ2n) is 5.62. The van der Waals surface area contributed by atoms with E-state index in [2.05, 4.69) is 10.9 Å². The minimum absolute atomic E-state index is 0.0606. The lowest BCUT2D eigenvalue weighted by molar-refractivity contribution is -0.384. The van der Waals surface area contributed by atoms with Crippen molar-refractivity contribution in [1.82, 2.24) is 10.9 Å². The minimum Gasteiger partial charge on any atom is -0.409 e. The first-order valence-electron chi connectivity index (χ1n) is 7.75. The van der Waals surface area contributed by atoms with Crippen LogP contribution in [0.1, 0.15) is 5.56 Å². The highest BCUT2D eigenvalue weighted by atomic mass is 35.5. The summed E-state index contributed by atoms with van der Waals surface area (Å²) < 4.78 is 29.6. The quantitative estimate of drug-likeness (QED) is 0.511. The number of ether oxygens (including phenoxy) is 1. The molecule has 0 saturated carbocycles. The number of hydrazine groups is 1. The SMILES string of the molecule is CN(c1ccc(Cl)cc1CNNC(=O)Oc1ccc([N+](=O)[O-])cc1)S(C)(=O)=O. The summed E-state index contributed by atoms with van der Waals surface area (Å²) in [6.07, 6.45) is 0.215. The third-order valence-corrected chi connectivity index (χ3v) is 5.03. The van der Waals surface area contributed by atoms with Crippen LogP contribution in [0.4, 0.5) is 16.2 Å². The van der Waals surface area contributed by atoms with Gasteiger partial charge in [-0.25, -0.2) is 18.6 Å². The second-order valence-corrected chi connectivity index (χ2v) is 8.07. The van der Waals surface area contributed by atoms with Crippen LogP contribution in [0.3, 0.4) is 0 Å². The van der Waals surface area contributed by atoms with Crippen molar-refractivity contribution in [2.24, 2.45) is 0 Å². The molecule has 0 aromatic heterocycles. The summed E-state index contributed by atoms with van der Waals surface area (Å²) in [6, 6.07) is 9.65. The number of hydrogen-bond acceptors (Lipinski definition) is 7. The first-order chi connectivity index (χ1) is 13.1. The molecule has 0 spiro atoms. The van der Waals surface area contributed by atoms with E-state index >= 15 is 0 Å². The summed E-state index contributed by atoms with van der Waals surface area (Å²) in [5, 5.41) is 11.0. The van der Waals surface area contributed by atoms with Crippen molar-refractivity contribution < 1.29 is 22.9 Å². The summed E-state index contributed by atoms with van der Waals surface area (Å²) in [5.74, 6) is 0.116. The lowest BCUT2D eigenvalue weighted by Crippen LogP contribution is -2.39. The molecular weight excluding hydrogens is 412 g/mol. The largest absolute Gasteiger partial charge is 0.427 e. The summed E-state index contributed by atoms with van der Waals surface area (Å²) >= 11 is 5.96. The van der Waals surface area contributed by atoms with Crippen LogP contribution in [0, 0.1) is 10.1 Å². The van der Waals surface area contributed by atoms with Gasteiger partial charge in [0.15, 0.2) is 0 Å². The van der Waals surface area contributed by atoms with Gasteiger partial charge in [0.05, 0.1) is 16.9 Å². The van der Waals surface area contributed by atoms with Crippen LogP contribution in [0.5, 0.6) is 5.75 Å². The van der Waals surface area contributed by atoms with Crippen molar-refractivity contribution in [3.8, 4) is 5.75 Å². The van der Waals surface area contributed by atoms with Crippen LogP contribution >= 0.6 is 11.6 Å². The van der Waals surface area contributed by atoms with Crippen LogP contribution < -0.4 is 19.9 Å². The number of nitrogens with zero attached hydrogens (tertiary/aromatic N) is 2. The molecule has 2 aromatic rings. The number of nitro benzene ring substituents is 1. The van der Waals surface area contributed by atoms with E-state index in [1.165, 1.54) is 31.3 Å². The molecule has 10 nitrogen and oxygen atoms in total. The van der Waals surface area contributed by atoms with Crippen molar-refractivity contribution in [1.29, 1.82) is 0 Å². The van der Waals surface area contributed by atoms with E-state index in [1.807, 2.05) is 0 Å². The first-order valence-corrected chi connectivity index (χ1v) is 9.98. The van der Waals surface area contributed by atoms with Gasteiger partial charge in [-0.2, -0.15) is 0 Å². The predicted molar refractivity (Wildman–Crippen MR) is 104 cm³/mol. The fourth-order valence-electron chi connectivity index (χ4n) is 2.16. The number of rotatable bonds is 7. The highest BCUT2D eigenvalue weighted by Gasteiger charge is 2.16. The lowest BCUT2D eigenvalue weighted by atomic mass is 10.2. The molecule has 28 heavy (non-hydrogen) atoms. The fraction of sp³-hybridized carbons (Fsp3) is 0.188. The fourth-order valence-corrected chi connectivity index (χ4v) is 2.89. The number of nitrogens with one attached hydrogen (secondary N) is 2. The van der Waals surface area contributed by atoms with Gasteiger partial charge >= 0.3 is 6.09 Å². The molecule has 0 bridgehead atoms. The standard InChI is InChI=1S/C16H17ClN4O6S/c1-20(28(2,25)26)15-8-3-12(17)9-11(15)10-18-19-16(22)27-14-6-4-13(5-7-14)21(23)24/h3-9,18H,10H2,1-2H3,(H,19,22). The van der Waals surface area contributed by atoms with Crippen LogP contribution in [0.15, 0.2) is 42.5 Å². The maximum absolute atomic E-state index is 11.8. The molecular formula is C16H17ClN4O6S. The van der Waals surface area contributed by atoms with Crippen molar-refractivity contribution >= 4 is 39.1 Å². The molecule has 0 fully saturated rings. The van der Waals surface area contributed by atoms with Crippen LogP contribution in [0.2, 0.25) is 5.02 Å². The molecule has 0 aliphatic heterocycles. The molecule has 0 aliphatic carbocycles. The predicted octanol–water partition coefficient (Wildman–Crippen LogP) is 2.44. The van der Waals surface area contributed by atoms with E-state index in [-0.39, 0.29) is 18.0 Å². The third-order valence-electron chi connectivity index (χ3n) is 3.61. The number of halogens is 1. The molecule has 150 valence electrons. The molecule has 0 unspecified atom stereocenters. The number of sulfonamides is 1. The Morgan fingerprint density at radius 1 is 1.25 bits per heavy atom. The summed E-state index contributed by atoms with van der Waals surface area (Å²) in [6.45, 7) is 0.0606. The Labute approximate surface area is 166 Å². The molecule has 0 radical (unpaired) electrons. The molecule has 0 saturated heterocycles. The van der Waals surface area contributed by atoms with Gasteiger partial charge < -0.3 is 4.74 Å². The van der Waals surface area contributed by atoms with Crippen molar-refractivity contribution in [2.75, 3.05) is 17.6 Å². The monoisotopic (exact) mass is 428 g/mol. The van der Waals surface area contributed by atoms with E-state index < -0.39 is 21.0 Å². The zero-order valence-corrected chi connectivity index (χ0v) is 16.5. The van der Waals surface area contributed by atoms with Gasteiger partial charge in [0, 0.05) is 30.7 Å². The normalized spacial score (nSPS) is 11.0. The molecule has 1 amide bonds. The van der Waals surface area contributed by atoms with Crippen LogP contribution in [-0.4, -0.2) is 32.7 Å². The molecule has 2 rings (SSSR count). The van der Waals surface area contributed by atoms with Gasteiger partial charge in [0.1, 0.15) is 5.75 Å². The molecule has 2 aromatic carbocycles. The van der Waals surface area contributed by atoms with Crippen LogP contribution in [-0.2, 0) is 16.6 Å². The van der Waals surface area contributed by atoms with Gasteiger partial charge in [-0.15, -0.1) is 0 Å². The number of carbonyl (C=O) groups is 1. The van der Waals surface area contributed by atoms with Gasteiger partial charge in [-0.05, 0) is 35.9 Å². The minimum atomic E-state index is -3.48. The number of anilines is 1. The Morgan fingerprint density at radius 2 is 1.89 bits per heavy atom. The average molecular weight is 429 g/mol. The number of hydrogen-bond donors (Lipinski definition) is 2. The van der Waals surface area contributed by atoms with Crippen molar-refractivity contribution in [2.45, 2.75) is 6.54 Å². The van der Waals surface area contributed by atoms with E-state index in [4.69, 9.17) is 16.3 Å². The van der Waals surface area contributed by atoms with Crippen molar-refractivity contribution in [3.05, 3.63) is 63.2 Å². The second kappa shape index (κ2) is 8.87. The van der Waals surface area contributed by atoms with E-state index in [0.717, 1.165) is 10.6 Å². The van der Waals surface area contributed by atoms with Crippen molar-refractivity contribution in [3.63, 3.8) is 0 Å². The number of carbonyl (C=O) groups excluding carboxylic acids is 1. The summed E-state index contributed by atoms with van der Waals surface area (Å²) in [4.78, 5) is 21.8. The van der Waals surface area contributed by atoms with E-state index in [1.54, 1.807) is 18.2 Å². The first kappa shape index (κ1) is 21.4. The number of nitro groups is 1. The number of amides is 1. The molecule has 2 N–H and O–H groups in total. The maximum Gasteiger partial charge on any atom is 0.427 e. The van der Waals surface area contributed by atoms with Gasteiger partial charge in [-0.3, -0.25) is 19.8 Å². The highest BCUT2D eigenvalue weighted by Crippen LogP contribution is 2.25. The smallest absolute Gasteiger partial charge is 0.409 e. The van der Waals surface area contributed by atoms with E-state index in [9.17, 15) is 23.3 Å². The zero-order chi connectivity index (χ0) is 20.9. The highest BCUT2D eigenvalue weighted by molar-refractivity contribution is 7.92. The summed E-state index contributed by atoms with van der Waals surface area (Å²) in [7, 11) is -2.08. The Morgan fingerprint density at radius 3 is 2.46 bits per heavy atom. The number of benzene rings is 2. The van der Waals surface area contributed by atoms with Gasteiger partial charge in [0.2, 0.25) is 10.0 Å². The Kier molecular flexibility index (Phi) is 6.78. The molecule has 0 atom stereocenters. The zero-order valence-electron chi connectivity index (χ0n) is 14.9. The molecule has 0 heterocycles. The molecule has 0 aliphatic rings. The molecule has 12 heteroatoms. The Balaban J connectivity index is 1.98. The third kappa shape index (κ3) is 5.81. The van der Waals surface area contributed by atoms with Crippen LogP contribution in [0.25, 0.3) is 0 Å². The Hall–Kier alpha value is -2.89. The van der Waals surface area contributed by atoms with Gasteiger partial charge in [0.25, 0.3) is 5.69 Å². The maximum atomic E-state index is 11.8. The Bertz CT molecular complexity index is 981. The lowest BCUT2D eigenvalue weighted by Gasteiger charge is -2.20. The van der Waals surface area contributed by atoms with Gasteiger partial charge in [-0.1, -0.05) is 11.6 Å². The topological polar surface area (TPSA) is 131 Å².